The van der Waals surface area contributed by atoms with Crippen molar-refractivity contribution >= 4 is 31.1 Å². The largest absolute Gasteiger partial charge is 0.481 e. The van der Waals surface area contributed by atoms with Crippen molar-refractivity contribution in [1.82, 2.24) is 25.4 Å². The number of alkyl carbamates (subject to hydrolysis) is 1. The number of benzene rings is 1. The van der Waals surface area contributed by atoms with Gasteiger partial charge in [-0.25, -0.2) is 9.59 Å². The van der Waals surface area contributed by atoms with Crippen LogP contribution in [0.15, 0.2) is 48.7 Å². The highest BCUT2D eigenvalue weighted by Gasteiger charge is 2.68. The molecule has 14 heteroatoms. The van der Waals surface area contributed by atoms with Crippen molar-refractivity contribution < 1.29 is 38.0 Å². The van der Waals surface area contributed by atoms with Crippen LogP contribution in [-0.4, -0.2) is 94.9 Å². The highest BCUT2D eigenvalue weighted by Crippen LogP contribution is 2.65. The van der Waals surface area contributed by atoms with E-state index in [1.807, 2.05) is 63.2 Å². The standard InChI is InChI=1S/C42H58BN5O8/c1-8-13-34(43-55-33-21-28-20-32(41(28,5)6)42(33,7)56-43)45-36(49)31-22-30(54-39(52)47-23-26-14-9-10-15-27(26)24-47)25-48(31)37(50)35(40(2,3)4)46-38(51)53-19-17-29-16-11-12-18-44-29/h9-12,14-16,18,28,30-35H,8,13,17,19-25H2,1-7H3,(H,45,49)(H,46,51)/t28-,30-,31+,32-,33-,34+,35-,42+/m1/s1. The molecule has 3 saturated carbocycles. The Labute approximate surface area is 331 Å². The number of nitrogens with zero attached hydrogens (tertiary/aromatic N) is 3. The fraction of sp³-hybridized carbons (Fsp3) is 0.643. The Bertz CT molecular complexity index is 1760. The van der Waals surface area contributed by atoms with Crippen LogP contribution in [-0.2, 0) is 47.9 Å². The van der Waals surface area contributed by atoms with Gasteiger partial charge in [-0.2, -0.15) is 0 Å². The highest BCUT2D eigenvalue weighted by molar-refractivity contribution is 6.48. The topological polar surface area (TPSA) is 149 Å². The summed E-state index contributed by atoms with van der Waals surface area (Å²) in [4.78, 5) is 63.1. The van der Waals surface area contributed by atoms with Gasteiger partial charge < -0.3 is 34.3 Å². The Hall–Kier alpha value is -4.17. The van der Waals surface area contributed by atoms with Gasteiger partial charge in [0.05, 0.1) is 30.8 Å². The number of rotatable bonds is 11. The van der Waals surface area contributed by atoms with Crippen molar-refractivity contribution in [2.45, 2.75) is 136 Å². The van der Waals surface area contributed by atoms with Crippen LogP contribution in [0.25, 0.3) is 0 Å². The van der Waals surface area contributed by atoms with Gasteiger partial charge in [0.25, 0.3) is 0 Å². The number of pyridine rings is 1. The lowest BCUT2D eigenvalue weighted by atomic mass is 9.43. The number of hydrogen-bond donors (Lipinski definition) is 2. The molecule has 2 aromatic rings. The first-order chi connectivity index (χ1) is 26.6. The third-order valence-corrected chi connectivity index (χ3v) is 13.1. The number of amides is 4. The van der Waals surface area contributed by atoms with Crippen LogP contribution >= 0.6 is 0 Å². The second kappa shape index (κ2) is 15.6. The first-order valence-corrected chi connectivity index (χ1v) is 20.4. The van der Waals surface area contributed by atoms with Crippen LogP contribution < -0.4 is 10.6 Å². The molecule has 8 rings (SSSR count). The number of hydrogen-bond acceptors (Lipinski definition) is 9. The Morgan fingerprint density at radius 3 is 2.36 bits per heavy atom. The van der Waals surface area contributed by atoms with E-state index in [2.05, 4.69) is 43.3 Å². The zero-order valence-electron chi connectivity index (χ0n) is 33.9. The maximum atomic E-state index is 14.6. The van der Waals surface area contributed by atoms with Gasteiger partial charge in [0.15, 0.2) is 0 Å². The lowest BCUT2D eigenvalue weighted by Crippen LogP contribution is -2.65. The minimum absolute atomic E-state index is 0.0143. The van der Waals surface area contributed by atoms with Crippen molar-refractivity contribution in [2.24, 2.45) is 22.7 Å². The monoisotopic (exact) mass is 771 g/mol. The number of carbonyl (C=O) groups excluding carboxylic acids is 4. The number of fused-ring (bicyclic) bond motifs is 1. The number of carbonyl (C=O) groups is 4. The van der Waals surface area contributed by atoms with Crippen LogP contribution in [0.4, 0.5) is 9.59 Å². The van der Waals surface area contributed by atoms with Crippen LogP contribution in [0.1, 0.15) is 97.4 Å². The van der Waals surface area contributed by atoms with E-state index in [0.29, 0.717) is 37.8 Å². The van der Waals surface area contributed by atoms with Gasteiger partial charge in [-0.3, -0.25) is 19.5 Å². The Morgan fingerprint density at radius 1 is 1.00 bits per heavy atom. The van der Waals surface area contributed by atoms with E-state index in [-0.39, 0.29) is 37.0 Å². The van der Waals surface area contributed by atoms with Gasteiger partial charge in [-0.1, -0.05) is 78.3 Å². The third-order valence-electron chi connectivity index (χ3n) is 13.1. The van der Waals surface area contributed by atoms with E-state index in [9.17, 15) is 19.2 Å². The van der Waals surface area contributed by atoms with E-state index in [4.69, 9.17) is 18.8 Å². The molecule has 2 N–H and O–H groups in total. The molecule has 3 aliphatic heterocycles. The van der Waals surface area contributed by atoms with Crippen molar-refractivity contribution in [3.63, 3.8) is 0 Å². The second-order valence-corrected chi connectivity index (χ2v) is 18.3. The zero-order chi connectivity index (χ0) is 40.0. The fourth-order valence-corrected chi connectivity index (χ4v) is 9.76. The third kappa shape index (κ3) is 7.88. The van der Waals surface area contributed by atoms with Crippen molar-refractivity contribution in [3.8, 4) is 0 Å². The average molecular weight is 772 g/mol. The molecule has 8 atom stereocenters. The molecule has 1 aromatic carbocycles. The van der Waals surface area contributed by atoms with Crippen molar-refractivity contribution in [1.29, 1.82) is 0 Å². The zero-order valence-corrected chi connectivity index (χ0v) is 33.9. The molecule has 302 valence electrons. The molecule has 1 aromatic heterocycles. The van der Waals surface area contributed by atoms with Gasteiger partial charge in [-0.15, -0.1) is 0 Å². The summed E-state index contributed by atoms with van der Waals surface area (Å²) in [6, 6.07) is 11.4. The average Bonchev–Trinajstić information content (AvgIpc) is 3.88. The molecule has 3 aliphatic carbocycles. The molecule has 4 heterocycles. The van der Waals surface area contributed by atoms with E-state index in [0.717, 1.165) is 36.1 Å². The predicted octanol–water partition coefficient (Wildman–Crippen LogP) is 5.44. The van der Waals surface area contributed by atoms with Gasteiger partial charge in [0, 0.05) is 37.8 Å². The lowest BCUT2D eigenvalue weighted by Gasteiger charge is -2.64. The molecule has 0 radical (unpaired) electrons. The molecule has 0 unspecified atom stereocenters. The van der Waals surface area contributed by atoms with Gasteiger partial charge >= 0.3 is 19.3 Å². The van der Waals surface area contributed by atoms with E-state index >= 15 is 0 Å². The number of aromatic nitrogens is 1. The summed E-state index contributed by atoms with van der Waals surface area (Å²) in [7, 11) is -0.634. The molecular weight excluding hydrogens is 713 g/mol. The van der Waals surface area contributed by atoms with Crippen LogP contribution in [0.3, 0.4) is 0 Å². The quantitative estimate of drug-likeness (QED) is 0.285. The first-order valence-electron chi connectivity index (χ1n) is 20.4. The van der Waals surface area contributed by atoms with Crippen LogP contribution in [0.5, 0.6) is 0 Å². The summed E-state index contributed by atoms with van der Waals surface area (Å²) in [6.07, 6.45) is 3.56. The van der Waals surface area contributed by atoms with E-state index in [1.54, 1.807) is 11.1 Å². The van der Waals surface area contributed by atoms with Crippen LogP contribution in [0.2, 0.25) is 0 Å². The smallest absolute Gasteiger partial charge is 0.449 e. The molecule has 6 aliphatic rings. The number of ether oxygens (including phenoxy) is 2. The molecule has 56 heavy (non-hydrogen) atoms. The van der Waals surface area contributed by atoms with Gasteiger partial charge in [-0.05, 0) is 72.1 Å². The Balaban J connectivity index is 1.07. The minimum Gasteiger partial charge on any atom is -0.449 e. The van der Waals surface area contributed by atoms with Gasteiger partial charge in [0.2, 0.25) is 11.8 Å². The normalized spacial score (nSPS) is 28.4. The van der Waals surface area contributed by atoms with Crippen LogP contribution in [0, 0.1) is 22.7 Å². The van der Waals surface area contributed by atoms with E-state index in [1.165, 1.54) is 4.90 Å². The highest BCUT2D eigenvalue weighted by atomic mass is 16.7. The predicted molar refractivity (Wildman–Crippen MR) is 209 cm³/mol. The van der Waals surface area contributed by atoms with Crippen molar-refractivity contribution in [3.05, 3.63) is 65.5 Å². The maximum absolute atomic E-state index is 14.6. The number of likely N-dealkylation sites (tertiary alicyclic amines) is 1. The summed E-state index contributed by atoms with van der Waals surface area (Å²) < 4.78 is 24.9. The maximum Gasteiger partial charge on any atom is 0.481 e. The minimum atomic E-state index is -1.05. The summed E-state index contributed by atoms with van der Waals surface area (Å²) >= 11 is 0. The summed E-state index contributed by atoms with van der Waals surface area (Å²) in [5.74, 6) is -0.351. The Morgan fingerprint density at radius 2 is 1.71 bits per heavy atom. The van der Waals surface area contributed by atoms with Gasteiger partial charge in [0.1, 0.15) is 18.2 Å². The molecule has 4 amide bonds. The van der Waals surface area contributed by atoms with E-state index < -0.39 is 60.4 Å². The lowest BCUT2D eigenvalue weighted by molar-refractivity contribution is -0.199. The molecule has 5 fully saturated rings. The first kappa shape index (κ1) is 40.0. The Kier molecular flexibility index (Phi) is 11.2. The second-order valence-electron chi connectivity index (χ2n) is 18.3. The fourth-order valence-electron chi connectivity index (χ4n) is 9.76. The summed E-state index contributed by atoms with van der Waals surface area (Å²) in [5.41, 5.74) is 1.86. The molecule has 2 bridgehead atoms. The van der Waals surface area contributed by atoms with Crippen molar-refractivity contribution in [2.75, 3.05) is 13.2 Å². The SMILES string of the molecule is CCC[C@H](NC(=O)[C@@H]1C[C@@H](OC(=O)N2Cc3ccccc3C2)CN1C(=O)[C@@H](NC(=O)OCCc1ccccn1)C(C)(C)C)B1O[C@@H]2C[C@H]3C[C@H](C3(C)C)[C@]2(C)O1. The molecule has 2 saturated heterocycles. The molecule has 13 nitrogen and oxygen atoms in total. The summed E-state index contributed by atoms with van der Waals surface area (Å²) in [6.45, 7) is 15.3. The molecular formula is C42H58BN5O8. The summed E-state index contributed by atoms with van der Waals surface area (Å²) in [5, 5.41) is 6.00. The number of nitrogens with one attached hydrogen (secondary N) is 2. The molecule has 0 spiro atoms.